The minimum absolute atomic E-state index is 0.00297. The standard InChI is InChI=1S/C28H34N2O5/c1-17(2)23(27(33)30-25-13-7-8-18(25)14-26(31)32)15-29-28(34)35-16-24-21-11-5-3-9-19(21)20-10-4-6-12-22(20)24/h3-6,9-12,17-18,23-25H,7-8,13-16H2,1-2H3,(H,29,34)(H,30,33)(H,31,32). The van der Waals surface area contributed by atoms with Crippen LogP contribution in [0.25, 0.3) is 11.1 Å². The summed E-state index contributed by atoms with van der Waals surface area (Å²) >= 11 is 0. The Kier molecular flexibility index (Phi) is 7.73. The van der Waals surface area contributed by atoms with Gasteiger partial charge in [-0.25, -0.2) is 4.79 Å². The van der Waals surface area contributed by atoms with Crippen LogP contribution in [0.2, 0.25) is 0 Å². The van der Waals surface area contributed by atoms with E-state index in [-0.39, 0.29) is 49.3 Å². The molecule has 0 saturated heterocycles. The lowest BCUT2D eigenvalue weighted by Crippen LogP contribution is -2.46. The molecule has 0 aliphatic heterocycles. The zero-order valence-corrected chi connectivity index (χ0v) is 20.3. The van der Waals surface area contributed by atoms with Gasteiger partial charge in [0.05, 0.1) is 12.3 Å². The molecule has 7 nitrogen and oxygen atoms in total. The number of fused-ring (bicyclic) bond motifs is 3. The monoisotopic (exact) mass is 478 g/mol. The van der Waals surface area contributed by atoms with Crippen molar-refractivity contribution in [3.8, 4) is 11.1 Å². The van der Waals surface area contributed by atoms with E-state index in [9.17, 15) is 14.4 Å². The van der Waals surface area contributed by atoms with Crippen molar-refractivity contribution >= 4 is 18.0 Å². The molecule has 3 atom stereocenters. The number of amides is 2. The fourth-order valence-corrected chi connectivity index (χ4v) is 5.46. The van der Waals surface area contributed by atoms with Crippen molar-refractivity contribution in [2.45, 2.75) is 51.5 Å². The summed E-state index contributed by atoms with van der Waals surface area (Å²) in [6, 6.07) is 16.2. The van der Waals surface area contributed by atoms with Gasteiger partial charge < -0.3 is 20.5 Å². The van der Waals surface area contributed by atoms with Gasteiger partial charge >= 0.3 is 12.1 Å². The first-order valence-electron chi connectivity index (χ1n) is 12.5. The number of carbonyl (C=O) groups excluding carboxylic acids is 2. The van der Waals surface area contributed by atoms with E-state index in [0.717, 1.165) is 30.4 Å². The Morgan fingerprint density at radius 3 is 2.23 bits per heavy atom. The molecule has 2 aromatic carbocycles. The summed E-state index contributed by atoms with van der Waals surface area (Å²) < 4.78 is 5.60. The molecule has 2 aromatic rings. The highest BCUT2D eigenvalue weighted by Gasteiger charge is 2.33. The first-order chi connectivity index (χ1) is 16.8. The van der Waals surface area contributed by atoms with Gasteiger partial charge in [0.25, 0.3) is 0 Å². The Hall–Kier alpha value is -3.35. The number of hydrogen-bond acceptors (Lipinski definition) is 4. The average molecular weight is 479 g/mol. The van der Waals surface area contributed by atoms with Crippen LogP contribution in [0.3, 0.4) is 0 Å². The highest BCUT2D eigenvalue weighted by molar-refractivity contribution is 5.81. The molecule has 0 spiro atoms. The van der Waals surface area contributed by atoms with Gasteiger partial charge in [-0.15, -0.1) is 0 Å². The first-order valence-corrected chi connectivity index (χ1v) is 12.5. The molecule has 7 heteroatoms. The largest absolute Gasteiger partial charge is 0.481 e. The Bertz CT molecular complexity index is 1040. The Morgan fingerprint density at radius 1 is 1.00 bits per heavy atom. The van der Waals surface area contributed by atoms with Gasteiger partial charge in [-0.1, -0.05) is 68.8 Å². The summed E-state index contributed by atoms with van der Waals surface area (Å²) in [5, 5.41) is 14.9. The minimum Gasteiger partial charge on any atom is -0.481 e. The molecule has 0 bridgehead atoms. The van der Waals surface area contributed by atoms with Crippen molar-refractivity contribution in [3.05, 3.63) is 59.7 Å². The fraction of sp³-hybridized carbons (Fsp3) is 0.464. The number of ether oxygens (including phenoxy) is 1. The topological polar surface area (TPSA) is 105 Å². The van der Waals surface area contributed by atoms with Crippen LogP contribution in [-0.2, 0) is 14.3 Å². The van der Waals surface area contributed by atoms with E-state index in [2.05, 4.69) is 34.9 Å². The molecule has 2 amide bonds. The van der Waals surface area contributed by atoms with E-state index in [1.807, 2.05) is 38.1 Å². The van der Waals surface area contributed by atoms with Gasteiger partial charge in [0, 0.05) is 18.5 Å². The van der Waals surface area contributed by atoms with E-state index in [0.29, 0.717) is 0 Å². The SMILES string of the molecule is CC(C)C(CNC(=O)OCC1c2ccccc2-c2ccccc21)C(=O)NC1CCCC1CC(=O)O. The van der Waals surface area contributed by atoms with Crippen LogP contribution in [-0.4, -0.2) is 42.3 Å². The van der Waals surface area contributed by atoms with Gasteiger partial charge in [-0.2, -0.15) is 0 Å². The minimum atomic E-state index is -0.839. The number of carbonyl (C=O) groups is 3. The van der Waals surface area contributed by atoms with E-state index in [4.69, 9.17) is 9.84 Å². The molecule has 0 radical (unpaired) electrons. The van der Waals surface area contributed by atoms with Gasteiger partial charge in [0.15, 0.2) is 0 Å². The number of hydrogen-bond donors (Lipinski definition) is 3. The highest BCUT2D eigenvalue weighted by atomic mass is 16.5. The molecule has 186 valence electrons. The van der Waals surface area contributed by atoms with Crippen LogP contribution in [0.4, 0.5) is 4.79 Å². The van der Waals surface area contributed by atoms with Crippen LogP contribution in [0.5, 0.6) is 0 Å². The second-order valence-corrected chi connectivity index (χ2v) is 9.96. The van der Waals surface area contributed by atoms with E-state index >= 15 is 0 Å². The summed E-state index contributed by atoms with van der Waals surface area (Å²) in [6.45, 7) is 4.26. The molecule has 2 aliphatic carbocycles. The quantitative estimate of drug-likeness (QED) is 0.490. The second kappa shape index (κ2) is 10.9. The maximum absolute atomic E-state index is 13.0. The third-order valence-corrected chi connectivity index (χ3v) is 7.38. The van der Waals surface area contributed by atoms with Crippen LogP contribution in [0, 0.1) is 17.8 Å². The zero-order valence-electron chi connectivity index (χ0n) is 20.3. The molecule has 35 heavy (non-hydrogen) atoms. The van der Waals surface area contributed by atoms with E-state index in [1.54, 1.807) is 0 Å². The second-order valence-electron chi connectivity index (χ2n) is 9.96. The van der Waals surface area contributed by atoms with Crippen molar-refractivity contribution < 1.29 is 24.2 Å². The molecular formula is C28H34N2O5. The molecule has 1 fully saturated rings. The lowest BCUT2D eigenvalue weighted by Gasteiger charge is -2.25. The number of aliphatic carboxylic acids is 1. The highest BCUT2D eigenvalue weighted by Crippen LogP contribution is 2.44. The van der Waals surface area contributed by atoms with E-state index < -0.39 is 18.0 Å². The maximum atomic E-state index is 13.0. The van der Waals surface area contributed by atoms with Crippen molar-refractivity contribution in [1.29, 1.82) is 0 Å². The Morgan fingerprint density at radius 2 is 1.63 bits per heavy atom. The van der Waals surface area contributed by atoms with Crippen LogP contribution >= 0.6 is 0 Å². The number of carboxylic acid groups (broad SMARTS) is 1. The van der Waals surface area contributed by atoms with Gasteiger partial charge in [0.1, 0.15) is 6.61 Å². The van der Waals surface area contributed by atoms with Gasteiger partial charge in [-0.3, -0.25) is 9.59 Å². The summed E-state index contributed by atoms with van der Waals surface area (Å²) in [4.78, 5) is 36.7. The van der Waals surface area contributed by atoms with Crippen LogP contribution in [0.15, 0.2) is 48.5 Å². The molecule has 0 aromatic heterocycles. The number of alkyl carbamates (subject to hydrolysis) is 1. The zero-order chi connectivity index (χ0) is 24.9. The molecular weight excluding hydrogens is 444 g/mol. The predicted octanol–water partition coefficient (Wildman–Crippen LogP) is 4.56. The van der Waals surface area contributed by atoms with Crippen molar-refractivity contribution in [3.63, 3.8) is 0 Å². The number of benzene rings is 2. The third-order valence-electron chi connectivity index (χ3n) is 7.38. The summed E-state index contributed by atoms with van der Waals surface area (Å²) in [5.74, 6) is -1.48. The van der Waals surface area contributed by atoms with Crippen LogP contribution < -0.4 is 10.6 Å². The number of rotatable bonds is 9. The number of carboxylic acids is 1. The normalized spacial score (nSPS) is 19.6. The lowest BCUT2D eigenvalue weighted by molar-refractivity contribution is -0.138. The first kappa shape index (κ1) is 24.8. The Balaban J connectivity index is 1.32. The predicted molar refractivity (Wildman–Crippen MR) is 133 cm³/mol. The molecule has 3 unspecified atom stereocenters. The van der Waals surface area contributed by atoms with Crippen molar-refractivity contribution in [2.24, 2.45) is 17.8 Å². The maximum Gasteiger partial charge on any atom is 0.407 e. The van der Waals surface area contributed by atoms with Crippen LogP contribution in [0.1, 0.15) is 56.6 Å². The molecule has 3 N–H and O–H groups in total. The molecule has 1 saturated carbocycles. The lowest BCUT2D eigenvalue weighted by atomic mass is 9.93. The van der Waals surface area contributed by atoms with Crippen molar-refractivity contribution in [2.75, 3.05) is 13.2 Å². The summed E-state index contributed by atoms with van der Waals surface area (Å²) in [6.07, 6.45) is 2.02. The number of nitrogens with one attached hydrogen (secondary N) is 2. The smallest absolute Gasteiger partial charge is 0.407 e. The molecule has 0 heterocycles. The average Bonchev–Trinajstić information content (AvgIpc) is 3.39. The summed E-state index contributed by atoms with van der Waals surface area (Å²) in [5.41, 5.74) is 4.63. The Labute approximate surface area is 206 Å². The van der Waals surface area contributed by atoms with E-state index in [1.165, 1.54) is 11.1 Å². The molecule has 2 aliphatic rings. The van der Waals surface area contributed by atoms with Gasteiger partial charge in [-0.05, 0) is 46.9 Å². The molecule has 4 rings (SSSR count). The summed E-state index contributed by atoms with van der Waals surface area (Å²) in [7, 11) is 0. The van der Waals surface area contributed by atoms with Crippen molar-refractivity contribution in [1.82, 2.24) is 10.6 Å². The third kappa shape index (κ3) is 5.66. The fourth-order valence-electron chi connectivity index (χ4n) is 5.46. The van der Waals surface area contributed by atoms with Gasteiger partial charge in [0.2, 0.25) is 5.91 Å².